The number of carbonyl (C=O) groups is 2. The monoisotopic (exact) mass is 307 g/mol. The molecule has 6 heteroatoms. The molecule has 0 bridgehead atoms. The van der Waals surface area contributed by atoms with Crippen LogP contribution >= 0.6 is 0 Å². The molecule has 1 unspecified atom stereocenters. The number of methoxy groups -OCH3 is 1. The van der Waals surface area contributed by atoms with E-state index < -0.39 is 11.9 Å². The van der Waals surface area contributed by atoms with Gasteiger partial charge in [0, 0.05) is 6.54 Å². The van der Waals surface area contributed by atoms with Crippen molar-refractivity contribution in [2.45, 2.75) is 13.8 Å². The Morgan fingerprint density at radius 2 is 2.09 bits per heavy atom. The molecule has 0 aliphatic heterocycles. The van der Waals surface area contributed by atoms with E-state index in [1.54, 1.807) is 12.1 Å². The minimum atomic E-state index is -0.956. The van der Waals surface area contributed by atoms with Crippen molar-refractivity contribution in [2.75, 3.05) is 20.3 Å². The molecule has 0 saturated heterocycles. The number of hydrogen-bond donors (Lipinski definition) is 2. The van der Waals surface area contributed by atoms with Gasteiger partial charge in [-0.3, -0.25) is 9.59 Å². The summed E-state index contributed by atoms with van der Waals surface area (Å²) < 4.78 is 10.6. The fraction of sp³-hybridized carbons (Fsp3) is 0.375. The van der Waals surface area contributed by atoms with Crippen LogP contribution in [0.25, 0.3) is 6.08 Å². The van der Waals surface area contributed by atoms with Gasteiger partial charge < -0.3 is 19.9 Å². The molecule has 0 heterocycles. The fourth-order valence-electron chi connectivity index (χ4n) is 1.65. The van der Waals surface area contributed by atoms with Gasteiger partial charge in [-0.05, 0) is 24.6 Å². The smallest absolute Gasteiger partial charge is 0.308 e. The van der Waals surface area contributed by atoms with Gasteiger partial charge in [-0.15, -0.1) is 0 Å². The van der Waals surface area contributed by atoms with E-state index in [1.807, 2.05) is 25.1 Å². The highest BCUT2D eigenvalue weighted by Gasteiger charge is 2.13. The van der Waals surface area contributed by atoms with Gasteiger partial charge in [0.2, 0.25) is 0 Å². The van der Waals surface area contributed by atoms with Crippen LogP contribution < -0.4 is 14.8 Å². The normalized spacial score (nSPS) is 12.0. The van der Waals surface area contributed by atoms with Crippen molar-refractivity contribution >= 4 is 18.0 Å². The molecular formula is C16H21NO5. The van der Waals surface area contributed by atoms with Crippen molar-refractivity contribution in [1.29, 1.82) is 0 Å². The standard InChI is InChI=1S/C16H21NO5/c1-4-5-12-6-7-13(14(8-12)21-3)22-10-15(18)17-9-11(2)16(19)20/h4-8,11H,9-10H2,1-3H3,(H,17,18)(H,19,20)/b5-4+. The summed E-state index contributed by atoms with van der Waals surface area (Å²) in [5, 5.41) is 11.2. The minimum absolute atomic E-state index is 0.0644. The Kier molecular flexibility index (Phi) is 6.95. The summed E-state index contributed by atoms with van der Waals surface area (Å²) in [5.74, 6) is -0.992. The lowest BCUT2D eigenvalue weighted by atomic mass is 10.2. The van der Waals surface area contributed by atoms with E-state index in [2.05, 4.69) is 5.32 Å². The molecule has 6 nitrogen and oxygen atoms in total. The largest absolute Gasteiger partial charge is 0.493 e. The van der Waals surface area contributed by atoms with Gasteiger partial charge in [-0.2, -0.15) is 0 Å². The number of benzene rings is 1. The van der Waals surface area contributed by atoms with Crippen LogP contribution in [0.4, 0.5) is 0 Å². The molecule has 0 radical (unpaired) electrons. The highest BCUT2D eigenvalue weighted by atomic mass is 16.5. The maximum absolute atomic E-state index is 11.6. The second-order valence-corrected chi connectivity index (χ2v) is 4.74. The summed E-state index contributed by atoms with van der Waals surface area (Å²) in [7, 11) is 1.52. The third kappa shape index (κ3) is 5.47. The Balaban J connectivity index is 2.56. The van der Waals surface area contributed by atoms with Crippen molar-refractivity contribution in [3.05, 3.63) is 29.8 Å². The van der Waals surface area contributed by atoms with E-state index >= 15 is 0 Å². The minimum Gasteiger partial charge on any atom is -0.493 e. The van der Waals surface area contributed by atoms with Crippen molar-refractivity contribution in [1.82, 2.24) is 5.32 Å². The molecule has 1 aromatic carbocycles. The lowest BCUT2D eigenvalue weighted by molar-refractivity contribution is -0.141. The van der Waals surface area contributed by atoms with Crippen molar-refractivity contribution < 1.29 is 24.2 Å². The number of carboxylic acid groups (broad SMARTS) is 1. The lowest BCUT2D eigenvalue weighted by Crippen LogP contribution is -2.34. The number of nitrogens with one attached hydrogen (secondary N) is 1. The van der Waals surface area contributed by atoms with Crippen LogP contribution in [0, 0.1) is 5.92 Å². The summed E-state index contributed by atoms with van der Waals surface area (Å²) in [6.45, 7) is 3.30. The molecule has 0 saturated carbocycles. The van der Waals surface area contributed by atoms with Gasteiger partial charge in [-0.25, -0.2) is 0 Å². The van der Waals surface area contributed by atoms with Crippen LogP contribution in [-0.2, 0) is 9.59 Å². The zero-order chi connectivity index (χ0) is 16.5. The van der Waals surface area contributed by atoms with Gasteiger partial charge in [-0.1, -0.05) is 25.1 Å². The molecule has 1 atom stereocenters. The number of aliphatic carboxylic acids is 1. The quantitative estimate of drug-likeness (QED) is 0.766. The fourth-order valence-corrected chi connectivity index (χ4v) is 1.65. The van der Waals surface area contributed by atoms with Crippen LogP contribution in [0.2, 0.25) is 0 Å². The predicted octanol–water partition coefficient (Wildman–Crippen LogP) is 1.94. The highest BCUT2D eigenvalue weighted by molar-refractivity contribution is 5.78. The van der Waals surface area contributed by atoms with E-state index in [4.69, 9.17) is 14.6 Å². The van der Waals surface area contributed by atoms with E-state index in [0.717, 1.165) is 5.56 Å². The SMILES string of the molecule is C/C=C/c1ccc(OCC(=O)NCC(C)C(=O)O)c(OC)c1. The molecule has 0 aliphatic rings. The second kappa shape index (κ2) is 8.71. The predicted molar refractivity (Wildman–Crippen MR) is 83.0 cm³/mol. The number of ether oxygens (including phenoxy) is 2. The summed E-state index contributed by atoms with van der Waals surface area (Å²) >= 11 is 0. The average molecular weight is 307 g/mol. The molecule has 0 aromatic heterocycles. The molecule has 0 fully saturated rings. The van der Waals surface area contributed by atoms with E-state index in [0.29, 0.717) is 11.5 Å². The first-order valence-corrected chi connectivity index (χ1v) is 6.91. The number of amides is 1. The van der Waals surface area contributed by atoms with Crippen molar-refractivity contribution in [3.63, 3.8) is 0 Å². The molecule has 2 N–H and O–H groups in total. The van der Waals surface area contributed by atoms with Crippen molar-refractivity contribution in [3.8, 4) is 11.5 Å². The van der Waals surface area contributed by atoms with Gasteiger partial charge in [0.25, 0.3) is 5.91 Å². The molecule has 1 amide bonds. The Labute approximate surface area is 129 Å². The molecular weight excluding hydrogens is 286 g/mol. The van der Waals surface area contributed by atoms with E-state index in [9.17, 15) is 9.59 Å². The first kappa shape index (κ1) is 17.6. The van der Waals surface area contributed by atoms with E-state index in [1.165, 1.54) is 14.0 Å². The van der Waals surface area contributed by atoms with Gasteiger partial charge in [0.1, 0.15) is 0 Å². The molecule has 1 aromatic rings. The number of rotatable bonds is 8. The van der Waals surface area contributed by atoms with Crippen LogP contribution in [0.15, 0.2) is 24.3 Å². The number of carboxylic acids is 1. The molecule has 0 aliphatic carbocycles. The number of allylic oxidation sites excluding steroid dienone is 1. The zero-order valence-electron chi connectivity index (χ0n) is 13.0. The maximum Gasteiger partial charge on any atom is 0.308 e. The van der Waals surface area contributed by atoms with Crippen LogP contribution in [0.1, 0.15) is 19.4 Å². The summed E-state index contributed by atoms with van der Waals surface area (Å²) in [6, 6.07) is 5.38. The van der Waals surface area contributed by atoms with Crippen LogP contribution in [0.5, 0.6) is 11.5 Å². The molecule has 22 heavy (non-hydrogen) atoms. The lowest BCUT2D eigenvalue weighted by Gasteiger charge is -2.12. The number of hydrogen-bond acceptors (Lipinski definition) is 4. The summed E-state index contributed by atoms with van der Waals surface area (Å²) in [4.78, 5) is 22.3. The maximum atomic E-state index is 11.6. The summed E-state index contributed by atoms with van der Waals surface area (Å²) in [6.07, 6.45) is 3.83. The molecule has 0 spiro atoms. The highest BCUT2D eigenvalue weighted by Crippen LogP contribution is 2.28. The average Bonchev–Trinajstić information content (AvgIpc) is 2.51. The Morgan fingerprint density at radius 3 is 2.68 bits per heavy atom. The Bertz CT molecular complexity index is 553. The van der Waals surface area contributed by atoms with Crippen LogP contribution in [-0.4, -0.2) is 37.2 Å². The third-order valence-electron chi connectivity index (χ3n) is 2.93. The van der Waals surface area contributed by atoms with Crippen LogP contribution in [0.3, 0.4) is 0 Å². The number of carbonyl (C=O) groups excluding carboxylic acids is 1. The first-order chi connectivity index (χ1) is 10.5. The first-order valence-electron chi connectivity index (χ1n) is 6.91. The second-order valence-electron chi connectivity index (χ2n) is 4.74. The van der Waals surface area contributed by atoms with Gasteiger partial charge in [0.15, 0.2) is 18.1 Å². The zero-order valence-corrected chi connectivity index (χ0v) is 13.0. The third-order valence-corrected chi connectivity index (χ3v) is 2.93. The van der Waals surface area contributed by atoms with Gasteiger partial charge >= 0.3 is 5.97 Å². The van der Waals surface area contributed by atoms with Crippen molar-refractivity contribution in [2.24, 2.45) is 5.92 Å². The Morgan fingerprint density at radius 1 is 1.36 bits per heavy atom. The van der Waals surface area contributed by atoms with Gasteiger partial charge in [0.05, 0.1) is 13.0 Å². The molecule has 120 valence electrons. The van der Waals surface area contributed by atoms with E-state index in [-0.39, 0.29) is 19.1 Å². The summed E-state index contributed by atoms with van der Waals surface area (Å²) in [5.41, 5.74) is 0.964. The molecule has 1 rings (SSSR count). The topological polar surface area (TPSA) is 84.9 Å². The Hall–Kier alpha value is -2.50.